The van der Waals surface area contributed by atoms with E-state index in [1.165, 1.54) is 0 Å². The Kier molecular flexibility index (Phi) is 5.26. The van der Waals surface area contributed by atoms with Crippen molar-refractivity contribution in [1.29, 1.82) is 0 Å². The summed E-state index contributed by atoms with van der Waals surface area (Å²) in [6.45, 7) is 5.63. The van der Waals surface area contributed by atoms with Gasteiger partial charge in [0.05, 0.1) is 24.6 Å². The SMILES string of the molecule is COc1cccc(NC2CCN(C(=O)c3cn[nH]c3C(C)C)CC2)c1. The number of likely N-dealkylation sites (tertiary alicyclic amines) is 1. The maximum atomic E-state index is 12.8. The lowest BCUT2D eigenvalue weighted by atomic mass is 10.0. The first-order chi connectivity index (χ1) is 12.1. The summed E-state index contributed by atoms with van der Waals surface area (Å²) in [6.07, 6.45) is 3.51. The first-order valence-corrected chi connectivity index (χ1v) is 8.81. The van der Waals surface area contributed by atoms with Crippen LogP contribution in [0.15, 0.2) is 30.5 Å². The van der Waals surface area contributed by atoms with Crippen LogP contribution in [0.3, 0.4) is 0 Å². The van der Waals surface area contributed by atoms with Crippen LogP contribution in [-0.4, -0.2) is 47.2 Å². The van der Waals surface area contributed by atoms with E-state index in [0.717, 1.165) is 43.1 Å². The van der Waals surface area contributed by atoms with E-state index in [0.29, 0.717) is 11.6 Å². The first-order valence-electron chi connectivity index (χ1n) is 8.81. The van der Waals surface area contributed by atoms with Crippen molar-refractivity contribution < 1.29 is 9.53 Å². The zero-order chi connectivity index (χ0) is 17.8. The number of methoxy groups -OCH3 is 1. The van der Waals surface area contributed by atoms with Crippen molar-refractivity contribution in [3.63, 3.8) is 0 Å². The third kappa shape index (κ3) is 3.95. The van der Waals surface area contributed by atoms with Gasteiger partial charge in [-0.25, -0.2) is 0 Å². The Morgan fingerprint density at radius 2 is 2.12 bits per heavy atom. The third-order valence-electron chi connectivity index (χ3n) is 4.70. The molecule has 0 spiro atoms. The van der Waals surface area contributed by atoms with Gasteiger partial charge in [-0.1, -0.05) is 19.9 Å². The molecule has 3 rings (SSSR count). The highest BCUT2D eigenvalue weighted by molar-refractivity contribution is 5.95. The number of ether oxygens (including phenoxy) is 1. The number of aromatic amines is 1. The molecule has 0 aliphatic carbocycles. The summed E-state index contributed by atoms with van der Waals surface area (Å²) in [6, 6.07) is 8.32. The molecule has 0 bridgehead atoms. The van der Waals surface area contributed by atoms with Crippen molar-refractivity contribution in [3.8, 4) is 5.75 Å². The number of carbonyl (C=O) groups is 1. The summed E-state index contributed by atoms with van der Waals surface area (Å²) in [7, 11) is 1.67. The van der Waals surface area contributed by atoms with Gasteiger partial charge >= 0.3 is 0 Å². The number of aromatic nitrogens is 2. The van der Waals surface area contributed by atoms with E-state index in [9.17, 15) is 4.79 Å². The van der Waals surface area contributed by atoms with Crippen molar-refractivity contribution in [2.75, 3.05) is 25.5 Å². The Balaban J connectivity index is 1.58. The van der Waals surface area contributed by atoms with Crippen molar-refractivity contribution in [1.82, 2.24) is 15.1 Å². The summed E-state index contributed by atoms with van der Waals surface area (Å²) in [5.41, 5.74) is 2.68. The molecule has 0 radical (unpaired) electrons. The van der Waals surface area contributed by atoms with Crippen LogP contribution in [0.25, 0.3) is 0 Å². The van der Waals surface area contributed by atoms with E-state index in [1.54, 1.807) is 13.3 Å². The van der Waals surface area contributed by atoms with Crippen molar-refractivity contribution in [2.45, 2.75) is 38.6 Å². The molecular formula is C19H26N4O2. The quantitative estimate of drug-likeness (QED) is 0.875. The predicted molar refractivity (Wildman–Crippen MR) is 98.2 cm³/mol. The lowest BCUT2D eigenvalue weighted by molar-refractivity contribution is 0.0717. The normalized spacial score (nSPS) is 15.4. The lowest BCUT2D eigenvalue weighted by Gasteiger charge is -2.33. The second kappa shape index (κ2) is 7.59. The highest BCUT2D eigenvalue weighted by Gasteiger charge is 2.26. The number of amides is 1. The number of nitrogens with zero attached hydrogens (tertiary/aromatic N) is 2. The van der Waals surface area contributed by atoms with Crippen LogP contribution >= 0.6 is 0 Å². The molecule has 2 heterocycles. The Hall–Kier alpha value is -2.50. The second-order valence-corrected chi connectivity index (χ2v) is 6.79. The fraction of sp³-hybridized carbons (Fsp3) is 0.474. The summed E-state index contributed by atoms with van der Waals surface area (Å²) in [5, 5.41) is 10.5. The molecule has 6 nitrogen and oxygen atoms in total. The van der Waals surface area contributed by atoms with Crippen LogP contribution in [0.5, 0.6) is 5.75 Å². The molecule has 0 atom stereocenters. The molecule has 134 valence electrons. The minimum absolute atomic E-state index is 0.0808. The molecule has 25 heavy (non-hydrogen) atoms. The van der Waals surface area contributed by atoms with Crippen LogP contribution in [0.4, 0.5) is 5.69 Å². The van der Waals surface area contributed by atoms with Crippen LogP contribution in [0.1, 0.15) is 48.7 Å². The predicted octanol–water partition coefficient (Wildman–Crippen LogP) is 3.26. The van der Waals surface area contributed by atoms with E-state index in [2.05, 4.69) is 29.4 Å². The number of anilines is 1. The van der Waals surface area contributed by atoms with Gasteiger partial charge in [0.15, 0.2) is 0 Å². The molecule has 0 saturated carbocycles. The second-order valence-electron chi connectivity index (χ2n) is 6.79. The molecule has 2 aromatic rings. The summed E-state index contributed by atoms with van der Waals surface area (Å²) >= 11 is 0. The summed E-state index contributed by atoms with van der Waals surface area (Å²) in [4.78, 5) is 14.7. The molecule has 2 N–H and O–H groups in total. The van der Waals surface area contributed by atoms with Gasteiger partial charge in [0.2, 0.25) is 0 Å². The van der Waals surface area contributed by atoms with Gasteiger partial charge in [-0.15, -0.1) is 0 Å². The largest absolute Gasteiger partial charge is 0.497 e. The molecule has 6 heteroatoms. The van der Waals surface area contributed by atoms with Gasteiger partial charge in [-0.05, 0) is 30.9 Å². The number of hydrogen-bond donors (Lipinski definition) is 2. The molecule has 1 fully saturated rings. The zero-order valence-corrected chi connectivity index (χ0v) is 15.1. The van der Waals surface area contributed by atoms with Crippen LogP contribution in [0.2, 0.25) is 0 Å². The van der Waals surface area contributed by atoms with Gasteiger partial charge in [0, 0.05) is 30.9 Å². The van der Waals surface area contributed by atoms with Crippen molar-refractivity contribution in [2.24, 2.45) is 0 Å². The fourth-order valence-electron chi connectivity index (χ4n) is 3.25. The van der Waals surface area contributed by atoms with Crippen LogP contribution in [-0.2, 0) is 0 Å². The Labute approximate surface area is 148 Å². The topological polar surface area (TPSA) is 70.2 Å². The number of piperidine rings is 1. The maximum Gasteiger partial charge on any atom is 0.257 e. The average molecular weight is 342 g/mol. The zero-order valence-electron chi connectivity index (χ0n) is 15.1. The van der Waals surface area contributed by atoms with Gasteiger partial charge in [0.25, 0.3) is 5.91 Å². The van der Waals surface area contributed by atoms with Gasteiger partial charge in [-0.3, -0.25) is 9.89 Å². The summed E-state index contributed by atoms with van der Waals surface area (Å²) in [5.74, 6) is 1.18. The molecular weight excluding hydrogens is 316 g/mol. The minimum atomic E-state index is 0.0808. The molecule has 1 aliphatic heterocycles. The molecule has 1 aromatic carbocycles. The Morgan fingerprint density at radius 3 is 2.80 bits per heavy atom. The van der Waals surface area contributed by atoms with Crippen molar-refractivity contribution in [3.05, 3.63) is 41.7 Å². The van der Waals surface area contributed by atoms with E-state index >= 15 is 0 Å². The van der Waals surface area contributed by atoms with Gasteiger partial charge in [0.1, 0.15) is 5.75 Å². The lowest BCUT2D eigenvalue weighted by Crippen LogP contribution is -2.42. The highest BCUT2D eigenvalue weighted by atomic mass is 16.5. The molecule has 1 amide bonds. The number of rotatable bonds is 5. The first kappa shape index (κ1) is 17.3. The maximum absolute atomic E-state index is 12.8. The van der Waals surface area contributed by atoms with Crippen molar-refractivity contribution >= 4 is 11.6 Å². The van der Waals surface area contributed by atoms with Gasteiger partial charge < -0.3 is 15.0 Å². The van der Waals surface area contributed by atoms with Crippen LogP contribution < -0.4 is 10.1 Å². The number of carbonyl (C=O) groups excluding carboxylic acids is 1. The highest BCUT2D eigenvalue weighted by Crippen LogP contribution is 2.23. The Morgan fingerprint density at radius 1 is 1.36 bits per heavy atom. The van der Waals surface area contributed by atoms with Crippen LogP contribution in [0, 0.1) is 0 Å². The molecule has 0 unspecified atom stereocenters. The standard InChI is InChI=1S/C19H26N4O2/c1-13(2)18-17(12-20-22-18)19(24)23-9-7-14(8-10-23)21-15-5-4-6-16(11-15)25-3/h4-6,11-14,21H,7-10H2,1-3H3,(H,20,22). The number of benzene rings is 1. The monoisotopic (exact) mass is 342 g/mol. The smallest absolute Gasteiger partial charge is 0.257 e. The fourth-order valence-corrected chi connectivity index (χ4v) is 3.25. The molecule has 1 aliphatic rings. The average Bonchev–Trinajstić information content (AvgIpc) is 3.12. The van der Waals surface area contributed by atoms with E-state index in [1.807, 2.05) is 29.2 Å². The molecule has 1 saturated heterocycles. The van der Waals surface area contributed by atoms with Gasteiger partial charge in [-0.2, -0.15) is 5.10 Å². The molecule has 1 aromatic heterocycles. The van der Waals surface area contributed by atoms with E-state index < -0.39 is 0 Å². The number of hydrogen-bond acceptors (Lipinski definition) is 4. The third-order valence-corrected chi connectivity index (χ3v) is 4.70. The minimum Gasteiger partial charge on any atom is -0.497 e. The van der Waals surface area contributed by atoms with E-state index in [4.69, 9.17) is 4.74 Å². The summed E-state index contributed by atoms with van der Waals surface area (Å²) < 4.78 is 5.26. The van der Waals surface area contributed by atoms with E-state index in [-0.39, 0.29) is 11.8 Å². The Bertz CT molecular complexity index is 718. The number of nitrogens with one attached hydrogen (secondary N) is 2. The number of H-pyrrole nitrogens is 1.